The number of hydrogen-bond acceptors (Lipinski definition) is 4. The standard InChI is InChI=1S/C8H16O.C8H16S.C7H15NO.3C2H6/c3*1-7(2)8-3-5-9-6-4-8;3*1-2/h2*7-8H,3-6H2,1-2H3;7H,3-6H2,1-2H3;3*1-2H3. The molecule has 0 atom stereocenters. The van der Waals surface area contributed by atoms with Gasteiger partial charge in [-0.1, -0.05) is 69.2 Å². The summed E-state index contributed by atoms with van der Waals surface area (Å²) in [5.41, 5.74) is 0. The van der Waals surface area contributed by atoms with E-state index in [0.29, 0.717) is 6.04 Å². The first-order chi connectivity index (χ1) is 15.9. The first-order valence-corrected chi connectivity index (χ1v) is 15.5. The Morgan fingerprint density at radius 1 is 0.576 bits per heavy atom. The van der Waals surface area contributed by atoms with E-state index in [9.17, 15) is 0 Å². The van der Waals surface area contributed by atoms with Crippen molar-refractivity contribution in [2.75, 3.05) is 51.0 Å². The molecule has 3 fully saturated rings. The van der Waals surface area contributed by atoms with Crippen molar-refractivity contribution >= 4 is 11.8 Å². The zero-order valence-corrected chi connectivity index (χ0v) is 25.9. The smallest absolute Gasteiger partial charge is 0.0594 e. The Morgan fingerprint density at radius 2 is 0.939 bits per heavy atom. The third-order valence-electron chi connectivity index (χ3n) is 6.19. The molecule has 4 heteroatoms. The molecule has 3 rings (SSSR count). The van der Waals surface area contributed by atoms with Gasteiger partial charge in [-0.05, 0) is 74.7 Å². The number of thioether (sulfide) groups is 1. The molecule has 3 aliphatic rings. The average Bonchev–Trinajstić information content (AvgIpc) is 2.90. The van der Waals surface area contributed by atoms with Gasteiger partial charge in [0, 0.05) is 32.3 Å². The molecule has 204 valence electrons. The fourth-order valence-electron chi connectivity index (χ4n) is 3.86. The minimum absolute atomic E-state index is 0.689. The van der Waals surface area contributed by atoms with Crippen LogP contribution in [0.1, 0.15) is 109 Å². The summed E-state index contributed by atoms with van der Waals surface area (Å²) in [5.74, 6) is 6.55. The molecule has 0 N–H and O–H groups in total. The van der Waals surface area contributed by atoms with Crippen molar-refractivity contribution in [2.45, 2.75) is 115 Å². The van der Waals surface area contributed by atoms with E-state index in [1.807, 2.05) is 41.5 Å². The highest BCUT2D eigenvalue weighted by atomic mass is 32.2. The highest BCUT2D eigenvalue weighted by Crippen LogP contribution is 2.28. The quantitative estimate of drug-likeness (QED) is 0.393. The molecular formula is C29H65NO2S. The van der Waals surface area contributed by atoms with Gasteiger partial charge in [0.25, 0.3) is 0 Å². The second-order valence-electron chi connectivity index (χ2n) is 9.13. The Hall–Kier alpha value is 0.230. The fourth-order valence-corrected chi connectivity index (χ4v) is 5.00. The summed E-state index contributed by atoms with van der Waals surface area (Å²) in [5, 5.41) is 0. The Bertz CT molecular complexity index is 280. The summed E-state index contributed by atoms with van der Waals surface area (Å²) in [6, 6.07) is 0.689. The fraction of sp³-hybridized carbons (Fsp3) is 1.00. The van der Waals surface area contributed by atoms with Gasteiger partial charge in [-0.2, -0.15) is 11.8 Å². The molecule has 0 aromatic rings. The molecule has 0 amide bonds. The highest BCUT2D eigenvalue weighted by molar-refractivity contribution is 7.99. The van der Waals surface area contributed by atoms with Crippen molar-refractivity contribution in [2.24, 2.45) is 23.7 Å². The number of morpholine rings is 1. The van der Waals surface area contributed by atoms with Gasteiger partial charge in [0.05, 0.1) is 13.2 Å². The summed E-state index contributed by atoms with van der Waals surface area (Å²) in [7, 11) is 0. The molecule has 3 saturated heterocycles. The van der Waals surface area contributed by atoms with E-state index in [0.717, 1.165) is 63.2 Å². The Labute approximate surface area is 215 Å². The third kappa shape index (κ3) is 22.4. The van der Waals surface area contributed by atoms with Crippen LogP contribution in [0.4, 0.5) is 0 Å². The number of ether oxygens (including phenoxy) is 2. The van der Waals surface area contributed by atoms with Crippen molar-refractivity contribution in [3.8, 4) is 0 Å². The van der Waals surface area contributed by atoms with E-state index < -0.39 is 0 Å². The lowest BCUT2D eigenvalue weighted by atomic mass is 9.89. The molecule has 0 bridgehead atoms. The first kappa shape index (κ1) is 37.8. The van der Waals surface area contributed by atoms with Gasteiger partial charge >= 0.3 is 0 Å². The SMILES string of the molecule is CC.CC.CC.CC(C)C1CCOCC1.CC(C)C1CCSCC1.CC(C)N1CCOCC1. The maximum Gasteiger partial charge on any atom is 0.0594 e. The Morgan fingerprint density at radius 3 is 1.21 bits per heavy atom. The monoisotopic (exact) mass is 491 g/mol. The van der Waals surface area contributed by atoms with Crippen LogP contribution in [0.3, 0.4) is 0 Å². The van der Waals surface area contributed by atoms with Gasteiger partial charge in [-0.15, -0.1) is 0 Å². The van der Waals surface area contributed by atoms with Crippen molar-refractivity contribution < 1.29 is 9.47 Å². The molecular weight excluding hydrogens is 426 g/mol. The van der Waals surface area contributed by atoms with E-state index in [4.69, 9.17) is 9.47 Å². The maximum atomic E-state index is 5.25. The van der Waals surface area contributed by atoms with Crippen LogP contribution in [-0.4, -0.2) is 62.0 Å². The zero-order chi connectivity index (χ0) is 26.1. The lowest BCUT2D eigenvalue weighted by Gasteiger charge is -2.29. The second kappa shape index (κ2) is 28.5. The molecule has 0 aliphatic carbocycles. The molecule has 0 aromatic carbocycles. The van der Waals surface area contributed by atoms with Gasteiger partial charge in [-0.3, -0.25) is 4.90 Å². The van der Waals surface area contributed by atoms with Crippen LogP contribution in [0, 0.1) is 23.7 Å². The van der Waals surface area contributed by atoms with Crippen LogP contribution < -0.4 is 0 Å². The van der Waals surface area contributed by atoms with Crippen LogP contribution >= 0.6 is 11.8 Å². The summed E-state index contributed by atoms with van der Waals surface area (Å²) in [6.45, 7) is 31.8. The second-order valence-corrected chi connectivity index (χ2v) is 10.4. The molecule has 0 unspecified atom stereocenters. The van der Waals surface area contributed by atoms with Crippen molar-refractivity contribution in [1.82, 2.24) is 4.90 Å². The van der Waals surface area contributed by atoms with Crippen LogP contribution in [0.15, 0.2) is 0 Å². The summed E-state index contributed by atoms with van der Waals surface area (Å²) >= 11 is 2.12. The van der Waals surface area contributed by atoms with Crippen molar-refractivity contribution in [3.63, 3.8) is 0 Å². The summed E-state index contributed by atoms with van der Waals surface area (Å²) in [6.07, 6.45) is 5.47. The normalized spacial score (nSPS) is 19.4. The van der Waals surface area contributed by atoms with Gasteiger partial charge in [0.2, 0.25) is 0 Å². The molecule has 33 heavy (non-hydrogen) atoms. The zero-order valence-electron chi connectivity index (χ0n) is 25.0. The average molecular weight is 492 g/mol. The van der Waals surface area contributed by atoms with E-state index in [1.54, 1.807) is 0 Å². The van der Waals surface area contributed by atoms with Crippen LogP contribution in [0.2, 0.25) is 0 Å². The van der Waals surface area contributed by atoms with Crippen LogP contribution in [0.25, 0.3) is 0 Å². The minimum atomic E-state index is 0.689. The number of nitrogens with zero attached hydrogens (tertiary/aromatic N) is 1. The van der Waals surface area contributed by atoms with Gasteiger partial charge < -0.3 is 9.47 Å². The molecule has 0 spiro atoms. The number of hydrogen-bond donors (Lipinski definition) is 0. The third-order valence-corrected chi connectivity index (χ3v) is 7.24. The largest absolute Gasteiger partial charge is 0.381 e. The highest BCUT2D eigenvalue weighted by Gasteiger charge is 2.17. The lowest BCUT2D eigenvalue weighted by Crippen LogP contribution is -2.40. The van der Waals surface area contributed by atoms with Crippen molar-refractivity contribution in [3.05, 3.63) is 0 Å². The van der Waals surface area contributed by atoms with E-state index in [1.165, 1.54) is 37.2 Å². The molecule has 3 heterocycles. The van der Waals surface area contributed by atoms with E-state index in [-0.39, 0.29) is 0 Å². The molecule has 3 aliphatic heterocycles. The predicted octanol–water partition coefficient (Wildman–Crippen LogP) is 8.66. The Kier molecular flexibility index (Phi) is 32.6. The van der Waals surface area contributed by atoms with Crippen LogP contribution in [-0.2, 0) is 9.47 Å². The minimum Gasteiger partial charge on any atom is -0.381 e. The molecule has 0 radical (unpaired) electrons. The van der Waals surface area contributed by atoms with E-state index in [2.05, 4.69) is 58.2 Å². The molecule has 3 nitrogen and oxygen atoms in total. The van der Waals surface area contributed by atoms with Crippen LogP contribution in [0.5, 0.6) is 0 Å². The van der Waals surface area contributed by atoms with Gasteiger partial charge in [-0.25, -0.2) is 0 Å². The predicted molar refractivity (Wildman–Crippen MR) is 155 cm³/mol. The molecule has 0 saturated carbocycles. The first-order valence-electron chi connectivity index (χ1n) is 14.4. The number of rotatable bonds is 3. The van der Waals surface area contributed by atoms with Gasteiger partial charge in [0.15, 0.2) is 0 Å². The van der Waals surface area contributed by atoms with E-state index >= 15 is 0 Å². The lowest BCUT2D eigenvalue weighted by molar-refractivity contribution is 0.0238. The van der Waals surface area contributed by atoms with Crippen molar-refractivity contribution in [1.29, 1.82) is 0 Å². The summed E-state index contributed by atoms with van der Waals surface area (Å²) in [4.78, 5) is 2.43. The topological polar surface area (TPSA) is 21.7 Å². The maximum absolute atomic E-state index is 5.25. The summed E-state index contributed by atoms with van der Waals surface area (Å²) < 4.78 is 10.5. The molecule has 0 aromatic heterocycles. The Balaban J connectivity index is -0.000000367. The van der Waals surface area contributed by atoms with Gasteiger partial charge in [0.1, 0.15) is 0 Å².